The summed E-state index contributed by atoms with van der Waals surface area (Å²) < 4.78 is 8.65. The van der Waals surface area contributed by atoms with Crippen molar-refractivity contribution in [2.24, 2.45) is 0 Å². The van der Waals surface area contributed by atoms with Crippen LogP contribution in [0.15, 0.2) is 36.7 Å². The van der Waals surface area contributed by atoms with Crippen molar-refractivity contribution in [3.63, 3.8) is 0 Å². The Balaban J connectivity index is 2.00. The van der Waals surface area contributed by atoms with Gasteiger partial charge in [-0.25, -0.2) is 0 Å². The molecule has 4 heteroatoms. The predicted molar refractivity (Wildman–Crippen MR) is 81.5 cm³/mol. The van der Waals surface area contributed by atoms with Crippen LogP contribution in [0.25, 0.3) is 11.1 Å². The molecule has 96 valence electrons. The highest BCUT2D eigenvalue weighted by atomic mass is 127. The van der Waals surface area contributed by atoms with E-state index in [9.17, 15) is 0 Å². The first-order valence-electron chi connectivity index (χ1n) is 6.16. The van der Waals surface area contributed by atoms with Crippen molar-refractivity contribution >= 4 is 22.6 Å². The van der Waals surface area contributed by atoms with E-state index < -0.39 is 0 Å². The van der Waals surface area contributed by atoms with Crippen LogP contribution in [-0.2, 0) is 11.3 Å². The monoisotopic (exact) mass is 356 g/mol. The number of hydrogen-bond acceptors (Lipinski definition) is 2. The molecule has 0 spiro atoms. The van der Waals surface area contributed by atoms with Crippen molar-refractivity contribution < 1.29 is 4.74 Å². The summed E-state index contributed by atoms with van der Waals surface area (Å²) in [7, 11) is 0. The van der Waals surface area contributed by atoms with Gasteiger partial charge in [-0.05, 0) is 40.6 Å². The number of hydrogen-bond donors (Lipinski definition) is 0. The Labute approximate surface area is 121 Å². The lowest BCUT2D eigenvalue weighted by molar-refractivity contribution is 0.124. The van der Waals surface area contributed by atoms with Gasteiger partial charge in [-0.3, -0.25) is 4.68 Å². The van der Waals surface area contributed by atoms with Gasteiger partial charge in [-0.1, -0.05) is 25.1 Å². The number of benzene rings is 1. The second kappa shape index (κ2) is 6.89. The second-order valence-corrected chi connectivity index (χ2v) is 5.25. The van der Waals surface area contributed by atoms with Crippen LogP contribution in [-0.4, -0.2) is 23.0 Å². The largest absolute Gasteiger partial charge is 0.380 e. The van der Waals surface area contributed by atoms with Crippen molar-refractivity contribution in [3.8, 4) is 11.1 Å². The van der Waals surface area contributed by atoms with Gasteiger partial charge >= 0.3 is 0 Å². The highest BCUT2D eigenvalue weighted by Gasteiger charge is 2.04. The SMILES string of the molecule is CCCOCCn1cc(-c2ccccc2I)cn1. The Morgan fingerprint density at radius 2 is 2.11 bits per heavy atom. The molecule has 0 amide bonds. The third-order valence-electron chi connectivity index (χ3n) is 2.63. The van der Waals surface area contributed by atoms with E-state index in [4.69, 9.17) is 4.74 Å². The quantitative estimate of drug-likeness (QED) is 0.584. The first-order chi connectivity index (χ1) is 8.81. The molecule has 0 aliphatic carbocycles. The van der Waals surface area contributed by atoms with Gasteiger partial charge in [0.1, 0.15) is 0 Å². The number of nitrogens with zero attached hydrogens (tertiary/aromatic N) is 2. The molecule has 0 saturated carbocycles. The van der Waals surface area contributed by atoms with Gasteiger partial charge in [0.15, 0.2) is 0 Å². The Bertz CT molecular complexity index is 496. The number of ether oxygens (including phenoxy) is 1. The van der Waals surface area contributed by atoms with Crippen LogP contribution in [0.4, 0.5) is 0 Å². The average molecular weight is 356 g/mol. The van der Waals surface area contributed by atoms with Crippen LogP contribution < -0.4 is 0 Å². The Hall–Kier alpha value is -0.880. The molecule has 0 aliphatic rings. The van der Waals surface area contributed by atoms with Gasteiger partial charge in [0.25, 0.3) is 0 Å². The average Bonchev–Trinajstić information content (AvgIpc) is 2.84. The summed E-state index contributed by atoms with van der Waals surface area (Å²) in [5, 5.41) is 4.36. The number of rotatable bonds is 6. The van der Waals surface area contributed by atoms with Crippen molar-refractivity contribution in [2.75, 3.05) is 13.2 Å². The van der Waals surface area contributed by atoms with E-state index in [2.05, 4.69) is 59.0 Å². The lowest BCUT2D eigenvalue weighted by Crippen LogP contribution is -2.06. The molecule has 2 rings (SSSR count). The van der Waals surface area contributed by atoms with Crippen LogP contribution >= 0.6 is 22.6 Å². The van der Waals surface area contributed by atoms with Gasteiger partial charge in [0.05, 0.1) is 19.3 Å². The maximum Gasteiger partial charge on any atom is 0.0662 e. The fourth-order valence-corrected chi connectivity index (χ4v) is 2.42. The molecule has 0 fully saturated rings. The third kappa shape index (κ3) is 3.55. The lowest BCUT2D eigenvalue weighted by atomic mass is 10.1. The normalized spacial score (nSPS) is 10.8. The summed E-state index contributed by atoms with van der Waals surface area (Å²) >= 11 is 2.35. The maximum absolute atomic E-state index is 5.46. The van der Waals surface area contributed by atoms with Crippen molar-refractivity contribution in [1.82, 2.24) is 9.78 Å². The molecule has 1 aromatic carbocycles. The van der Waals surface area contributed by atoms with Gasteiger partial charge in [-0.15, -0.1) is 0 Å². The topological polar surface area (TPSA) is 27.1 Å². The Morgan fingerprint density at radius 3 is 2.89 bits per heavy atom. The lowest BCUT2D eigenvalue weighted by Gasteiger charge is -2.02. The van der Waals surface area contributed by atoms with Crippen LogP contribution in [0, 0.1) is 3.57 Å². The molecular formula is C14H17IN2O. The number of halogens is 1. The molecule has 0 bridgehead atoms. The Morgan fingerprint density at radius 1 is 1.28 bits per heavy atom. The molecule has 1 aromatic heterocycles. The van der Waals surface area contributed by atoms with E-state index in [-0.39, 0.29) is 0 Å². The zero-order valence-corrected chi connectivity index (χ0v) is 12.6. The highest BCUT2D eigenvalue weighted by Crippen LogP contribution is 2.24. The van der Waals surface area contributed by atoms with E-state index >= 15 is 0 Å². The molecule has 3 nitrogen and oxygen atoms in total. The van der Waals surface area contributed by atoms with E-state index in [0.29, 0.717) is 0 Å². The molecule has 2 aromatic rings. The second-order valence-electron chi connectivity index (χ2n) is 4.08. The molecular weight excluding hydrogens is 339 g/mol. The molecule has 0 atom stereocenters. The zero-order chi connectivity index (χ0) is 12.8. The third-order valence-corrected chi connectivity index (χ3v) is 3.57. The van der Waals surface area contributed by atoms with Crippen LogP contribution in [0.3, 0.4) is 0 Å². The fourth-order valence-electron chi connectivity index (χ4n) is 1.72. The van der Waals surface area contributed by atoms with Crippen molar-refractivity contribution in [3.05, 3.63) is 40.2 Å². The van der Waals surface area contributed by atoms with Crippen molar-refractivity contribution in [1.29, 1.82) is 0 Å². The summed E-state index contributed by atoms with van der Waals surface area (Å²) in [5.74, 6) is 0. The summed E-state index contributed by atoms with van der Waals surface area (Å²) in [4.78, 5) is 0. The van der Waals surface area contributed by atoms with E-state index in [1.807, 2.05) is 16.9 Å². The van der Waals surface area contributed by atoms with Crippen LogP contribution in [0.5, 0.6) is 0 Å². The van der Waals surface area contributed by atoms with E-state index in [1.165, 1.54) is 9.13 Å². The first kappa shape index (κ1) is 13.5. The molecule has 0 saturated heterocycles. The van der Waals surface area contributed by atoms with Gasteiger partial charge in [0, 0.05) is 21.9 Å². The molecule has 0 unspecified atom stereocenters. The molecule has 0 radical (unpaired) electrons. The van der Waals surface area contributed by atoms with Gasteiger partial charge in [-0.2, -0.15) is 5.10 Å². The minimum absolute atomic E-state index is 0.723. The molecule has 0 N–H and O–H groups in total. The zero-order valence-electron chi connectivity index (χ0n) is 10.5. The van der Waals surface area contributed by atoms with E-state index in [1.54, 1.807) is 0 Å². The smallest absolute Gasteiger partial charge is 0.0662 e. The van der Waals surface area contributed by atoms with E-state index in [0.717, 1.165) is 31.7 Å². The molecule has 1 heterocycles. The van der Waals surface area contributed by atoms with Crippen LogP contribution in [0.2, 0.25) is 0 Å². The minimum atomic E-state index is 0.723. The summed E-state index contributed by atoms with van der Waals surface area (Å²) in [5.41, 5.74) is 2.40. The molecule has 0 aliphatic heterocycles. The Kier molecular flexibility index (Phi) is 5.19. The van der Waals surface area contributed by atoms with Crippen molar-refractivity contribution in [2.45, 2.75) is 19.9 Å². The summed E-state index contributed by atoms with van der Waals surface area (Å²) in [6, 6.07) is 8.34. The van der Waals surface area contributed by atoms with Crippen LogP contribution in [0.1, 0.15) is 13.3 Å². The first-order valence-corrected chi connectivity index (χ1v) is 7.24. The number of aromatic nitrogens is 2. The predicted octanol–water partition coefficient (Wildman–Crippen LogP) is 3.58. The van der Waals surface area contributed by atoms with Gasteiger partial charge in [0.2, 0.25) is 0 Å². The summed E-state index contributed by atoms with van der Waals surface area (Å²) in [6.45, 7) is 4.47. The minimum Gasteiger partial charge on any atom is -0.380 e. The maximum atomic E-state index is 5.46. The summed E-state index contributed by atoms with van der Waals surface area (Å²) in [6.07, 6.45) is 5.05. The highest BCUT2D eigenvalue weighted by molar-refractivity contribution is 14.1. The fraction of sp³-hybridized carbons (Fsp3) is 0.357. The van der Waals surface area contributed by atoms with Gasteiger partial charge < -0.3 is 4.74 Å². The molecule has 18 heavy (non-hydrogen) atoms. The standard InChI is InChI=1S/C14H17IN2O/c1-2-8-18-9-7-17-11-12(10-16-17)13-5-3-4-6-14(13)15/h3-6,10-11H,2,7-9H2,1H3.